The molecule has 1 aromatic carbocycles. The van der Waals surface area contributed by atoms with E-state index in [9.17, 15) is 18.4 Å². The third-order valence-electron chi connectivity index (χ3n) is 3.51. The number of nitrogens with zero attached hydrogens (tertiary/aromatic N) is 3. The van der Waals surface area contributed by atoms with Gasteiger partial charge in [-0.25, -0.2) is 13.5 Å². The SMILES string of the molecule is CC(c1ccc(F)c(F)c1)N(C)C(=O)c1ccc(=O)n(C)n1. The second kappa shape index (κ2) is 6.05. The van der Waals surface area contributed by atoms with Gasteiger partial charge in [-0.05, 0) is 30.7 Å². The fourth-order valence-electron chi connectivity index (χ4n) is 1.97. The van der Waals surface area contributed by atoms with E-state index in [4.69, 9.17) is 0 Å². The Kier molecular flexibility index (Phi) is 4.35. The van der Waals surface area contributed by atoms with Gasteiger partial charge in [0.1, 0.15) is 5.69 Å². The van der Waals surface area contributed by atoms with Crippen molar-refractivity contribution in [2.75, 3.05) is 7.05 Å². The molecule has 0 aliphatic heterocycles. The van der Waals surface area contributed by atoms with E-state index in [1.807, 2.05) is 0 Å². The lowest BCUT2D eigenvalue weighted by molar-refractivity contribution is 0.0733. The molecule has 0 aliphatic rings. The molecule has 1 unspecified atom stereocenters. The maximum Gasteiger partial charge on any atom is 0.274 e. The summed E-state index contributed by atoms with van der Waals surface area (Å²) < 4.78 is 27.3. The number of benzene rings is 1. The third-order valence-corrected chi connectivity index (χ3v) is 3.51. The molecule has 0 N–H and O–H groups in total. The van der Waals surface area contributed by atoms with Gasteiger partial charge in [-0.1, -0.05) is 6.07 Å². The summed E-state index contributed by atoms with van der Waals surface area (Å²) in [5.41, 5.74) is 0.228. The summed E-state index contributed by atoms with van der Waals surface area (Å²) in [5.74, 6) is -2.33. The van der Waals surface area contributed by atoms with Crippen LogP contribution in [0.2, 0.25) is 0 Å². The molecular formula is C15H15F2N3O2. The molecule has 0 radical (unpaired) electrons. The minimum atomic E-state index is -0.967. The zero-order chi connectivity index (χ0) is 16.4. The number of hydrogen-bond acceptors (Lipinski definition) is 3. The molecule has 2 rings (SSSR count). The monoisotopic (exact) mass is 307 g/mol. The molecule has 2 aromatic rings. The van der Waals surface area contributed by atoms with Crippen molar-refractivity contribution in [2.24, 2.45) is 7.05 Å². The summed E-state index contributed by atoms with van der Waals surface area (Å²) in [6.45, 7) is 1.69. The maximum absolute atomic E-state index is 13.3. The lowest BCUT2D eigenvalue weighted by atomic mass is 10.1. The zero-order valence-corrected chi connectivity index (χ0v) is 12.4. The highest BCUT2D eigenvalue weighted by molar-refractivity contribution is 5.92. The van der Waals surface area contributed by atoms with E-state index in [0.29, 0.717) is 5.56 Å². The lowest BCUT2D eigenvalue weighted by Crippen LogP contribution is -2.32. The van der Waals surface area contributed by atoms with E-state index >= 15 is 0 Å². The molecule has 0 saturated carbocycles. The topological polar surface area (TPSA) is 55.2 Å². The zero-order valence-electron chi connectivity index (χ0n) is 12.4. The number of halogens is 2. The second-order valence-corrected chi connectivity index (χ2v) is 4.95. The van der Waals surface area contributed by atoms with Gasteiger partial charge in [0.05, 0.1) is 6.04 Å². The molecule has 1 atom stereocenters. The molecule has 5 nitrogen and oxygen atoms in total. The fourth-order valence-corrected chi connectivity index (χ4v) is 1.97. The molecule has 22 heavy (non-hydrogen) atoms. The van der Waals surface area contributed by atoms with Crippen LogP contribution in [-0.4, -0.2) is 27.6 Å². The standard InChI is InChI=1S/C15H15F2N3O2/c1-9(10-4-5-11(16)12(17)8-10)19(2)15(22)13-6-7-14(21)20(3)18-13/h4-9H,1-3H3. The average molecular weight is 307 g/mol. The van der Waals surface area contributed by atoms with Crippen LogP contribution in [-0.2, 0) is 7.05 Å². The summed E-state index contributed by atoms with van der Waals surface area (Å²) >= 11 is 0. The molecule has 1 amide bonds. The molecule has 0 fully saturated rings. The molecule has 1 heterocycles. The van der Waals surface area contributed by atoms with Crippen LogP contribution in [0.1, 0.15) is 29.0 Å². The van der Waals surface area contributed by atoms with Crippen molar-refractivity contribution in [1.29, 1.82) is 0 Å². The van der Waals surface area contributed by atoms with Crippen molar-refractivity contribution in [2.45, 2.75) is 13.0 Å². The highest BCUT2D eigenvalue weighted by Crippen LogP contribution is 2.22. The first-order valence-electron chi connectivity index (χ1n) is 6.57. The van der Waals surface area contributed by atoms with Crippen molar-refractivity contribution >= 4 is 5.91 Å². The highest BCUT2D eigenvalue weighted by atomic mass is 19.2. The van der Waals surface area contributed by atoms with Gasteiger partial charge in [0.25, 0.3) is 11.5 Å². The van der Waals surface area contributed by atoms with Crippen LogP contribution in [0.4, 0.5) is 8.78 Å². The van der Waals surface area contributed by atoms with Gasteiger partial charge in [-0.15, -0.1) is 0 Å². The summed E-state index contributed by atoms with van der Waals surface area (Å²) in [6.07, 6.45) is 0. The number of aromatic nitrogens is 2. The number of carbonyl (C=O) groups excluding carboxylic acids is 1. The van der Waals surface area contributed by atoms with Crippen LogP contribution >= 0.6 is 0 Å². The van der Waals surface area contributed by atoms with E-state index in [2.05, 4.69) is 5.10 Å². The molecule has 0 aliphatic carbocycles. The van der Waals surface area contributed by atoms with Crippen molar-refractivity contribution < 1.29 is 13.6 Å². The molecule has 0 saturated heterocycles. The van der Waals surface area contributed by atoms with Crippen LogP contribution in [0.3, 0.4) is 0 Å². The minimum Gasteiger partial charge on any atom is -0.334 e. The predicted molar refractivity (Wildman–Crippen MR) is 76.3 cm³/mol. The quantitative estimate of drug-likeness (QED) is 0.870. The first-order chi connectivity index (χ1) is 10.3. The van der Waals surface area contributed by atoms with Crippen LogP contribution in [0.5, 0.6) is 0 Å². The van der Waals surface area contributed by atoms with E-state index in [1.54, 1.807) is 6.92 Å². The van der Waals surface area contributed by atoms with Crippen molar-refractivity contribution in [3.05, 3.63) is 63.6 Å². The van der Waals surface area contributed by atoms with Crippen molar-refractivity contribution in [3.8, 4) is 0 Å². The number of hydrogen-bond donors (Lipinski definition) is 0. The fraction of sp³-hybridized carbons (Fsp3) is 0.267. The van der Waals surface area contributed by atoms with E-state index in [1.165, 1.54) is 37.2 Å². The summed E-state index contributed by atoms with van der Waals surface area (Å²) in [7, 11) is 2.97. The Morgan fingerprint density at radius 1 is 1.23 bits per heavy atom. The first-order valence-corrected chi connectivity index (χ1v) is 6.57. The van der Waals surface area contributed by atoms with Crippen molar-refractivity contribution in [1.82, 2.24) is 14.7 Å². The summed E-state index contributed by atoms with van der Waals surface area (Å²) in [6, 6.07) is 5.58. The van der Waals surface area contributed by atoms with Gasteiger partial charge < -0.3 is 4.90 Å². The van der Waals surface area contributed by atoms with Gasteiger partial charge >= 0.3 is 0 Å². The van der Waals surface area contributed by atoms with E-state index in [-0.39, 0.29) is 11.3 Å². The Bertz CT molecular complexity index is 774. The van der Waals surface area contributed by atoms with Crippen LogP contribution < -0.4 is 5.56 Å². The van der Waals surface area contributed by atoms with E-state index in [0.717, 1.165) is 16.8 Å². The number of amides is 1. The Morgan fingerprint density at radius 2 is 1.91 bits per heavy atom. The molecule has 0 bridgehead atoms. The van der Waals surface area contributed by atoms with E-state index < -0.39 is 23.6 Å². The van der Waals surface area contributed by atoms with Gasteiger partial charge in [-0.3, -0.25) is 9.59 Å². The van der Waals surface area contributed by atoms with Gasteiger partial charge in [0.2, 0.25) is 0 Å². The Labute approximate surface area is 125 Å². The van der Waals surface area contributed by atoms with Crippen molar-refractivity contribution in [3.63, 3.8) is 0 Å². The predicted octanol–water partition coefficient (Wildman–Crippen LogP) is 1.89. The Balaban J connectivity index is 2.27. The largest absolute Gasteiger partial charge is 0.334 e. The second-order valence-electron chi connectivity index (χ2n) is 4.95. The molecular weight excluding hydrogens is 292 g/mol. The van der Waals surface area contributed by atoms with Gasteiger partial charge in [-0.2, -0.15) is 5.10 Å². The van der Waals surface area contributed by atoms with Gasteiger partial charge in [0.15, 0.2) is 11.6 Å². The Hall–Kier alpha value is -2.57. The van der Waals surface area contributed by atoms with Gasteiger partial charge in [0, 0.05) is 20.2 Å². The van der Waals surface area contributed by atoms with Crippen LogP contribution in [0, 0.1) is 11.6 Å². The summed E-state index contributed by atoms with van der Waals surface area (Å²) in [5, 5.41) is 3.88. The minimum absolute atomic E-state index is 0.0963. The Morgan fingerprint density at radius 3 is 2.50 bits per heavy atom. The average Bonchev–Trinajstić information content (AvgIpc) is 2.50. The summed E-state index contributed by atoms with van der Waals surface area (Å²) in [4.78, 5) is 25.0. The smallest absolute Gasteiger partial charge is 0.274 e. The number of carbonyl (C=O) groups is 1. The first kappa shape index (κ1) is 15.8. The highest BCUT2D eigenvalue weighted by Gasteiger charge is 2.21. The maximum atomic E-state index is 13.3. The molecule has 0 spiro atoms. The third kappa shape index (κ3) is 3.03. The molecule has 7 heteroatoms. The van der Waals surface area contributed by atoms with Crippen LogP contribution in [0.25, 0.3) is 0 Å². The number of rotatable bonds is 3. The normalized spacial score (nSPS) is 12.0. The van der Waals surface area contributed by atoms with Crippen LogP contribution in [0.15, 0.2) is 35.1 Å². The molecule has 116 valence electrons. The molecule has 1 aromatic heterocycles. The number of aryl methyl sites for hydroxylation is 1. The lowest BCUT2D eigenvalue weighted by Gasteiger charge is -2.25.